The smallest absolute Gasteiger partial charge is 0.337 e. The van der Waals surface area contributed by atoms with Gasteiger partial charge in [0.2, 0.25) is 5.91 Å². The monoisotopic (exact) mass is 312 g/mol. The second kappa shape index (κ2) is 5.57. The molecule has 3 atom stereocenters. The van der Waals surface area contributed by atoms with E-state index in [9.17, 15) is 18.0 Å². The van der Waals surface area contributed by atoms with Crippen LogP contribution in [0.1, 0.15) is 30.4 Å². The van der Waals surface area contributed by atoms with Crippen LogP contribution in [-0.4, -0.2) is 36.5 Å². The van der Waals surface area contributed by atoms with Crippen LogP contribution in [0.25, 0.3) is 0 Å². The fraction of sp³-hybridized carbons (Fsp3) is 0.562. The topological polar surface area (TPSA) is 32.3 Å². The van der Waals surface area contributed by atoms with Gasteiger partial charge >= 0.3 is 6.18 Å². The van der Waals surface area contributed by atoms with Crippen LogP contribution in [0, 0.1) is 5.92 Å². The van der Waals surface area contributed by atoms with Crippen molar-refractivity contribution >= 4 is 5.91 Å². The molecule has 1 N–H and O–H groups in total. The van der Waals surface area contributed by atoms with Crippen LogP contribution in [0.4, 0.5) is 13.2 Å². The molecule has 2 fully saturated rings. The van der Waals surface area contributed by atoms with Crippen molar-refractivity contribution in [1.29, 1.82) is 0 Å². The predicted octanol–water partition coefficient (Wildman–Crippen LogP) is 2.63. The molecule has 1 aromatic rings. The van der Waals surface area contributed by atoms with Crippen LogP contribution >= 0.6 is 0 Å². The summed E-state index contributed by atoms with van der Waals surface area (Å²) < 4.78 is 39.2. The van der Waals surface area contributed by atoms with Gasteiger partial charge in [0.25, 0.3) is 0 Å². The maximum Gasteiger partial charge on any atom is 0.416 e. The number of carbonyl (C=O) groups excluding carboxylic acids is 1. The van der Waals surface area contributed by atoms with Gasteiger partial charge in [-0.25, -0.2) is 0 Å². The molecular weight excluding hydrogens is 293 g/mol. The van der Waals surface area contributed by atoms with Gasteiger partial charge in [0.15, 0.2) is 0 Å². The molecule has 3 nitrogen and oxygen atoms in total. The van der Waals surface area contributed by atoms with Gasteiger partial charge in [0.1, 0.15) is 0 Å². The first-order valence-corrected chi connectivity index (χ1v) is 7.57. The summed E-state index contributed by atoms with van der Waals surface area (Å²) in [6, 6.07) is 5.70. The second-order valence-corrected chi connectivity index (χ2v) is 6.12. The molecule has 2 aliphatic rings. The van der Waals surface area contributed by atoms with E-state index < -0.39 is 11.7 Å². The van der Waals surface area contributed by atoms with Gasteiger partial charge in [0.05, 0.1) is 5.56 Å². The molecule has 3 unspecified atom stereocenters. The molecule has 0 spiro atoms. The number of halogens is 3. The van der Waals surface area contributed by atoms with E-state index in [1.807, 2.05) is 6.92 Å². The number of nitrogens with one attached hydrogen (secondary N) is 1. The molecule has 22 heavy (non-hydrogen) atoms. The highest BCUT2D eigenvalue weighted by atomic mass is 19.4. The third kappa shape index (κ3) is 2.84. The molecule has 1 aliphatic carbocycles. The largest absolute Gasteiger partial charge is 0.416 e. The van der Waals surface area contributed by atoms with E-state index in [1.165, 1.54) is 12.1 Å². The van der Waals surface area contributed by atoms with Crippen molar-refractivity contribution in [3.05, 3.63) is 35.4 Å². The lowest BCUT2D eigenvalue weighted by molar-refractivity contribution is -0.139. The summed E-state index contributed by atoms with van der Waals surface area (Å²) in [5, 5.41) is 3.21. The lowest BCUT2D eigenvalue weighted by Crippen LogP contribution is -2.52. The Balaban J connectivity index is 1.76. The van der Waals surface area contributed by atoms with Gasteiger partial charge in [-0.05, 0) is 30.9 Å². The minimum Gasteiger partial charge on any atom is -0.337 e. The van der Waals surface area contributed by atoms with Crippen LogP contribution in [0.5, 0.6) is 0 Å². The molecule has 1 aliphatic heterocycles. The number of rotatable bonds is 2. The van der Waals surface area contributed by atoms with Gasteiger partial charge in [-0.2, -0.15) is 13.2 Å². The highest BCUT2D eigenvalue weighted by molar-refractivity contribution is 5.83. The number of piperazine rings is 1. The fourth-order valence-corrected chi connectivity index (χ4v) is 3.27. The van der Waals surface area contributed by atoms with Crippen molar-refractivity contribution in [2.45, 2.75) is 31.5 Å². The van der Waals surface area contributed by atoms with Crippen molar-refractivity contribution < 1.29 is 18.0 Å². The number of benzene rings is 1. The summed E-state index contributed by atoms with van der Waals surface area (Å²) >= 11 is 0. The number of nitrogens with zero attached hydrogens (tertiary/aromatic N) is 1. The zero-order valence-electron chi connectivity index (χ0n) is 12.4. The fourth-order valence-electron chi connectivity index (χ4n) is 3.27. The number of amides is 1. The normalized spacial score (nSPS) is 28.5. The second-order valence-electron chi connectivity index (χ2n) is 6.12. The number of alkyl halides is 3. The lowest BCUT2D eigenvalue weighted by atomic mass is 10.0. The number of hydrogen-bond acceptors (Lipinski definition) is 2. The Hall–Kier alpha value is -1.56. The van der Waals surface area contributed by atoms with Gasteiger partial charge in [-0.1, -0.05) is 18.2 Å². The Labute approximate surface area is 127 Å². The first-order chi connectivity index (χ1) is 10.4. The molecule has 0 radical (unpaired) electrons. The van der Waals surface area contributed by atoms with Crippen molar-refractivity contribution in [3.63, 3.8) is 0 Å². The first-order valence-electron chi connectivity index (χ1n) is 7.57. The van der Waals surface area contributed by atoms with E-state index in [-0.39, 0.29) is 29.3 Å². The Morgan fingerprint density at radius 3 is 2.73 bits per heavy atom. The third-order valence-corrected chi connectivity index (χ3v) is 4.56. The van der Waals surface area contributed by atoms with Gasteiger partial charge in [0, 0.05) is 31.6 Å². The highest BCUT2D eigenvalue weighted by Crippen LogP contribution is 2.51. The summed E-state index contributed by atoms with van der Waals surface area (Å²) in [6.45, 7) is 4.07. The molecule has 1 amide bonds. The quantitative estimate of drug-likeness (QED) is 0.910. The van der Waals surface area contributed by atoms with Crippen molar-refractivity contribution in [3.8, 4) is 0 Å². The van der Waals surface area contributed by atoms with Crippen LogP contribution in [0.15, 0.2) is 24.3 Å². The van der Waals surface area contributed by atoms with Gasteiger partial charge in [-0.3, -0.25) is 4.79 Å². The van der Waals surface area contributed by atoms with E-state index >= 15 is 0 Å². The minimum atomic E-state index is -4.37. The molecule has 6 heteroatoms. The van der Waals surface area contributed by atoms with Crippen LogP contribution in [0.3, 0.4) is 0 Å². The molecule has 0 bridgehead atoms. The maximum absolute atomic E-state index is 13.1. The van der Waals surface area contributed by atoms with E-state index in [2.05, 4.69) is 5.32 Å². The predicted molar refractivity (Wildman–Crippen MR) is 76.3 cm³/mol. The Kier molecular flexibility index (Phi) is 3.89. The number of carbonyl (C=O) groups is 1. The average Bonchev–Trinajstić information content (AvgIpc) is 3.26. The summed E-state index contributed by atoms with van der Waals surface area (Å²) in [4.78, 5) is 14.3. The number of hydrogen-bond donors (Lipinski definition) is 1. The van der Waals surface area contributed by atoms with Crippen molar-refractivity contribution in [2.24, 2.45) is 5.92 Å². The van der Waals surface area contributed by atoms with E-state index in [1.54, 1.807) is 11.0 Å². The van der Waals surface area contributed by atoms with Crippen molar-refractivity contribution in [2.75, 3.05) is 19.6 Å². The molecule has 120 valence electrons. The van der Waals surface area contributed by atoms with E-state index in [4.69, 9.17) is 0 Å². The van der Waals surface area contributed by atoms with Crippen LogP contribution in [0.2, 0.25) is 0 Å². The summed E-state index contributed by atoms with van der Waals surface area (Å²) in [7, 11) is 0. The highest BCUT2D eigenvalue weighted by Gasteiger charge is 2.49. The standard InChI is InChI=1S/C16H19F3N2O/c1-10-9-20-6-7-21(10)15(22)13-8-12(13)11-4-2-3-5-14(11)16(17,18)19/h2-5,10,12-13,20H,6-9H2,1H3. The van der Waals surface area contributed by atoms with Crippen LogP contribution < -0.4 is 5.32 Å². The zero-order valence-corrected chi connectivity index (χ0v) is 12.4. The molecular formula is C16H19F3N2O. The third-order valence-electron chi connectivity index (χ3n) is 4.56. The molecule has 1 heterocycles. The Morgan fingerprint density at radius 1 is 1.32 bits per heavy atom. The first kappa shape index (κ1) is 15.3. The summed E-state index contributed by atoms with van der Waals surface area (Å²) in [6.07, 6.45) is -3.85. The van der Waals surface area contributed by atoms with E-state index in [0.29, 0.717) is 13.0 Å². The Morgan fingerprint density at radius 2 is 2.05 bits per heavy atom. The molecule has 1 aromatic carbocycles. The van der Waals surface area contributed by atoms with Gasteiger partial charge in [-0.15, -0.1) is 0 Å². The zero-order chi connectivity index (χ0) is 15.9. The molecule has 1 saturated carbocycles. The summed E-state index contributed by atoms with van der Waals surface area (Å²) in [5.41, 5.74) is -0.347. The maximum atomic E-state index is 13.1. The SMILES string of the molecule is CC1CNCCN1C(=O)C1CC1c1ccccc1C(F)(F)F. The molecule has 3 rings (SSSR count). The summed E-state index contributed by atoms with van der Waals surface area (Å²) in [5.74, 6) is -0.604. The van der Waals surface area contributed by atoms with Gasteiger partial charge < -0.3 is 10.2 Å². The van der Waals surface area contributed by atoms with Crippen molar-refractivity contribution in [1.82, 2.24) is 10.2 Å². The average molecular weight is 312 g/mol. The van der Waals surface area contributed by atoms with Crippen LogP contribution in [-0.2, 0) is 11.0 Å². The van der Waals surface area contributed by atoms with E-state index in [0.717, 1.165) is 19.2 Å². The Bertz CT molecular complexity index is 573. The molecule has 0 aromatic heterocycles. The minimum absolute atomic E-state index is 0.00372. The lowest BCUT2D eigenvalue weighted by Gasteiger charge is -2.34. The molecule has 1 saturated heterocycles.